The molecule has 37 heavy (non-hydrogen) atoms. The molecule has 2 N–H and O–H groups in total. The van der Waals surface area contributed by atoms with Crippen molar-refractivity contribution in [3.63, 3.8) is 0 Å². The maximum Gasteiger partial charge on any atom is 0.324 e. The van der Waals surface area contributed by atoms with Crippen LogP contribution < -0.4 is 14.8 Å². The number of aliphatic carboxylic acids is 1. The molecule has 0 aliphatic carbocycles. The molecule has 4 atom stereocenters. The Kier molecular flexibility index (Phi) is 7.33. The Bertz CT molecular complexity index is 1170. The van der Waals surface area contributed by atoms with Crippen LogP contribution in [-0.2, 0) is 21.0 Å². The van der Waals surface area contributed by atoms with Gasteiger partial charge in [-0.3, -0.25) is 24.6 Å². The van der Waals surface area contributed by atoms with Crippen LogP contribution in [0, 0.1) is 11.8 Å². The molecule has 2 aromatic rings. The highest BCUT2D eigenvalue weighted by atomic mass is 16.5. The highest BCUT2D eigenvalue weighted by molar-refractivity contribution is 6.10. The Labute approximate surface area is 217 Å². The predicted octanol–water partition coefficient (Wildman–Crippen LogP) is 4.33. The van der Waals surface area contributed by atoms with E-state index in [4.69, 9.17) is 9.47 Å². The summed E-state index contributed by atoms with van der Waals surface area (Å²) in [6.07, 6.45) is 1.63. The second-order valence-electron chi connectivity index (χ2n) is 10.9. The third kappa shape index (κ3) is 4.70. The first kappa shape index (κ1) is 26.7. The number of carboxylic acids is 1. The van der Waals surface area contributed by atoms with Gasteiger partial charge < -0.3 is 14.6 Å². The third-order valence-electron chi connectivity index (χ3n) is 7.42. The molecule has 198 valence electrons. The van der Waals surface area contributed by atoms with Crippen LogP contribution >= 0.6 is 0 Å². The largest absolute Gasteiger partial charge is 0.493 e. The first-order valence-corrected chi connectivity index (χ1v) is 12.8. The average molecular weight is 509 g/mol. The quantitative estimate of drug-likeness (QED) is 0.486. The number of amides is 2. The van der Waals surface area contributed by atoms with Crippen molar-refractivity contribution in [2.24, 2.45) is 11.8 Å². The van der Waals surface area contributed by atoms with Gasteiger partial charge in [0, 0.05) is 11.6 Å². The molecule has 2 heterocycles. The van der Waals surface area contributed by atoms with E-state index in [2.05, 4.69) is 5.32 Å². The molecular formula is C29H36N2O6. The first-order chi connectivity index (χ1) is 17.5. The van der Waals surface area contributed by atoms with E-state index in [1.165, 1.54) is 12.0 Å². The van der Waals surface area contributed by atoms with Crippen molar-refractivity contribution in [2.75, 3.05) is 7.11 Å². The fourth-order valence-electron chi connectivity index (χ4n) is 5.67. The fraction of sp³-hybridized carbons (Fsp3) is 0.483. The molecule has 0 saturated carbocycles. The summed E-state index contributed by atoms with van der Waals surface area (Å²) in [7, 11) is 1.54. The molecule has 8 nitrogen and oxygen atoms in total. The number of rotatable bonds is 9. The van der Waals surface area contributed by atoms with Crippen molar-refractivity contribution in [3.05, 3.63) is 59.7 Å². The van der Waals surface area contributed by atoms with Gasteiger partial charge >= 0.3 is 5.97 Å². The molecule has 2 aromatic carbocycles. The van der Waals surface area contributed by atoms with Gasteiger partial charge in [-0.2, -0.15) is 0 Å². The van der Waals surface area contributed by atoms with E-state index >= 15 is 0 Å². The van der Waals surface area contributed by atoms with Crippen LogP contribution in [0.5, 0.6) is 11.5 Å². The monoisotopic (exact) mass is 508 g/mol. The number of imide groups is 1. The molecule has 4 rings (SSSR count). The van der Waals surface area contributed by atoms with Gasteiger partial charge in [0.25, 0.3) is 0 Å². The summed E-state index contributed by atoms with van der Waals surface area (Å²) in [4.78, 5) is 41.4. The minimum atomic E-state index is -1.53. The molecule has 0 aromatic heterocycles. The molecule has 2 aliphatic rings. The summed E-state index contributed by atoms with van der Waals surface area (Å²) >= 11 is 0. The number of unbranched alkanes of at least 4 members (excludes halogenated alkanes) is 1. The van der Waals surface area contributed by atoms with E-state index < -0.39 is 40.8 Å². The molecule has 2 fully saturated rings. The van der Waals surface area contributed by atoms with Gasteiger partial charge in [0.2, 0.25) is 11.8 Å². The number of hydrogen-bond donors (Lipinski definition) is 2. The summed E-state index contributed by atoms with van der Waals surface area (Å²) in [5.74, 6) is -2.70. The van der Waals surface area contributed by atoms with E-state index in [-0.39, 0.29) is 12.3 Å². The maximum absolute atomic E-state index is 13.7. The van der Waals surface area contributed by atoms with Crippen molar-refractivity contribution in [3.8, 4) is 11.5 Å². The van der Waals surface area contributed by atoms with Crippen LogP contribution in [0.2, 0.25) is 0 Å². The number of carbonyl (C=O) groups excluding carboxylic acids is 2. The Hall–Kier alpha value is -3.39. The second kappa shape index (κ2) is 10.2. The van der Waals surface area contributed by atoms with E-state index in [1.807, 2.05) is 43.3 Å². The molecule has 8 heteroatoms. The number of nitrogens with zero attached hydrogens (tertiary/aromatic N) is 1. The van der Waals surface area contributed by atoms with E-state index in [0.717, 1.165) is 12.0 Å². The lowest BCUT2D eigenvalue weighted by molar-refractivity contribution is -0.154. The van der Waals surface area contributed by atoms with Crippen molar-refractivity contribution >= 4 is 17.8 Å². The van der Waals surface area contributed by atoms with E-state index in [9.17, 15) is 19.5 Å². The van der Waals surface area contributed by atoms with Gasteiger partial charge in [0.15, 0.2) is 11.5 Å². The molecule has 0 spiro atoms. The van der Waals surface area contributed by atoms with E-state index in [0.29, 0.717) is 30.1 Å². The Morgan fingerprint density at radius 2 is 1.78 bits per heavy atom. The third-order valence-corrected chi connectivity index (χ3v) is 7.42. The van der Waals surface area contributed by atoms with Gasteiger partial charge in [-0.25, -0.2) is 0 Å². The summed E-state index contributed by atoms with van der Waals surface area (Å²) < 4.78 is 11.6. The molecule has 4 unspecified atom stereocenters. The fourth-order valence-corrected chi connectivity index (χ4v) is 5.67. The summed E-state index contributed by atoms with van der Waals surface area (Å²) in [6.45, 7) is 7.71. The number of benzene rings is 2. The molecular weight excluding hydrogens is 472 g/mol. The average Bonchev–Trinajstić information content (AvgIpc) is 3.35. The van der Waals surface area contributed by atoms with Crippen LogP contribution in [0.3, 0.4) is 0 Å². The number of fused-ring (bicyclic) bond motifs is 1. The predicted molar refractivity (Wildman–Crippen MR) is 138 cm³/mol. The van der Waals surface area contributed by atoms with Crippen LogP contribution in [0.25, 0.3) is 0 Å². The standard InChI is InChI=1S/C29H36N2O6/c1-6-7-15-29(27(34)35)23-22(25(32)31(26(23)33)28(2,3)4)24(30-29)19-13-14-20(21(16-19)36-5)37-17-18-11-9-8-10-12-18/h8-14,16,22-24,30H,6-7,15,17H2,1-5H3,(H,34,35). The van der Waals surface area contributed by atoms with Crippen LogP contribution in [-0.4, -0.2) is 46.0 Å². The molecule has 0 bridgehead atoms. The van der Waals surface area contributed by atoms with Crippen LogP contribution in [0.1, 0.15) is 64.1 Å². The van der Waals surface area contributed by atoms with Crippen LogP contribution in [0.15, 0.2) is 48.5 Å². The summed E-state index contributed by atoms with van der Waals surface area (Å²) in [6, 6.07) is 14.4. The number of nitrogens with one attached hydrogen (secondary N) is 1. The zero-order valence-corrected chi connectivity index (χ0v) is 22.1. The Morgan fingerprint density at radius 1 is 1.08 bits per heavy atom. The van der Waals surface area contributed by atoms with Gasteiger partial charge in [0.05, 0.1) is 18.9 Å². The van der Waals surface area contributed by atoms with Crippen molar-refractivity contribution in [1.82, 2.24) is 10.2 Å². The zero-order chi connectivity index (χ0) is 27.0. The molecule has 0 radical (unpaired) electrons. The second-order valence-corrected chi connectivity index (χ2v) is 10.9. The maximum atomic E-state index is 13.7. The van der Waals surface area contributed by atoms with E-state index in [1.54, 1.807) is 32.9 Å². The lowest BCUT2D eigenvalue weighted by Gasteiger charge is -2.35. The Balaban J connectivity index is 1.73. The first-order valence-electron chi connectivity index (χ1n) is 12.8. The number of likely N-dealkylation sites (tertiary alicyclic amines) is 1. The minimum absolute atomic E-state index is 0.253. The minimum Gasteiger partial charge on any atom is -0.493 e. The van der Waals surface area contributed by atoms with Crippen molar-refractivity contribution < 1.29 is 29.0 Å². The molecule has 2 saturated heterocycles. The van der Waals surface area contributed by atoms with Gasteiger partial charge in [-0.1, -0.05) is 56.2 Å². The lowest BCUT2D eigenvalue weighted by atomic mass is 9.76. The van der Waals surface area contributed by atoms with Gasteiger partial charge in [-0.15, -0.1) is 0 Å². The smallest absolute Gasteiger partial charge is 0.324 e. The highest BCUT2D eigenvalue weighted by Crippen LogP contribution is 2.52. The summed E-state index contributed by atoms with van der Waals surface area (Å²) in [5.41, 5.74) is -0.609. The number of hydrogen-bond acceptors (Lipinski definition) is 6. The SMILES string of the molecule is CCCCC1(C(=O)O)NC(c2ccc(OCc3ccccc3)c(OC)c2)C2C(=O)N(C(C)(C)C)C(=O)C21. The van der Waals surface area contributed by atoms with Crippen molar-refractivity contribution in [1.29, 1.82) is 0 Å². The topological polar surface area (TPSA) is 105 Å². The number of ether oxygens (including phenoxy) is 2. The van der Waals surface area contributed by atoms with Gasteiger partial charge in [0.1, 0.15) is 12.1 Å². The number of methoxy groups -OCH3 is 1. The number of carboxylic acid groups (broad SMARTS) is 1. The zero-order valence-electron chi connectivity index (χ0n) is 22.1. The van der Waals surface area contributed by atoms with Crippen LogP contribution in [0.4, 0.5) is 0 Å². The summed E-state index contributed by atoms with van der Waals surface area (Å²) in [5, 5.41) is 13.7. The normalized spacial score (nSPS) is 25.3. The lowest BCUT2D eigenvalue weighted by Crippen LogP contribution is -2.57. The number of carbonyl (C=O) groups is 3. The molecule has 2 aliphatic heterocycles. The van der Waals surface area contributed by atoms with Gasteiger partial charge in [-0.05, 0) is 50.5 Å². The Morgan fingerprint density at radius 3 is 2.38 bits per heavy atom. The highest BCUT2D eigenvalue weighted by Gasteiger charge is 2.69. The van der Waals surface area contributed by atoms with Crippen molar-refractivity contribution in [2.45, 2.75) is 70.7 Å². The molecule has 2 amide bonds.